The Labute approximate surface area is 187 Å². The van der Waals surface area contributed by atoms with Gasteiger partial charge < -0.3 is 10.1 Å². The molecule has 1 saturated heterocycles. The number of para-hydroxylation sites is 1. The summed E-state index contributed by atoms with van der Waals surface area (Å²) in [5.41, 5.74) is 3.11. The lowest BCUT2D eigenvalue weighted by molar-refractivity contribution is 0.181. The summed E-state index contributed by atoms with van der Waals surface area (Å²) < 4.78 is 27.8. The molecule has 0 radical (unpaired) electrons. The normalized spacial score (nSPS) is 15.9. The number of aromatic nitrogens is 2. The van der Waals surface area contributed by atoms with E-state index >= 15 is 0 Å². The van der Waals surface area contributed by atoms with E-state index in [0.29, 0.717) is 37.4 Å². The number of sulfonamides is 1. The molecule has 1 aliphatic heterocycles. The molecule has 2 aromatic heterocycles. The minimum absolute atomic E-state index is 0.0174. The van der Waals surface area contributed by atoms with E-state index in [4.69, 9.17) is 0 Å². The number of pyridine rings is 1. The lowest BCUT2D eigenvalue weighted by Crippen LogP contribution is -2.48. The summed E-state index contributed by atoms with van der Waals surface area (Å²) in [5, 5.41) is 11.2. The first kappa shape index (κ1) is 20.7. The Bertz CT molecular complexity index is 1330. The van der Waals surface area contributed by atoms with Crippen molar-refractivity contribution in [2.24, 2.45) is 0 Å². The molecule has 5 rings (SSSR count). The fourth-order valence-electron chi connectivity index (χ4n) is 4.19. The zero-order chi connectivity index (χ0) is 22.1. The summed E-state index contributed by atoms with van der Waals surface area (Å²) in [6, 6.07) is 20.9. The second-order valence-corrected chi connectivity index (χ2v) is 9.88. The largest absolute Gasteiger partial charge is 0.494 e. The van der Waals surface area contributed by atoms with E-state index in [1.54, 1.807) is 12.1 Å². The summed E-state index contributed by atoms with van der Waals surface area (Å²) >= 11 is 0. The fraction of sp³-hybridized carbons (Fsp3) is 0.208. The van der Waals surface area contributed by atoms with Crippen LogP contribution in [0.2, 0.25) is 0 Å². The number of nitrogens with one attached hydrogen (secondary N) is 1. The van der Waals surface area contributed by atoms with Gasteiger partial charge in [-0.15, -0.1) is 0 Å². The van der Waals surface area contributed by atoms with Crippen LogP contribution in [-0.2, 0) is 16.6 Å². The quantitative estimate of drug-likeness (QED) is 0.488. The molecule has 2 aromatic carbocycles. The first-order valence-corrected chi connectivity index (χ1v) is 12.0. The zero-order valence-corrected chi connectivity index (χ0v) is 18.3. The molecule has 8 heteroatoms. The second kappa shape index (κ2) is 8.38. The average Bonchev–Trinajstić information content (AvgIpc) is 3.16. The number of piperazine rings is 1. The molecule has 0 amide bonds. The van der Waals surface area contributed by atoms with Gasteiger partial charge in [0.05, 0.1) is 11.3 Å². The Morgan fingerprint density at radius 2 is 1.62 bits per heavy atom. The van der Waals surface area contributed by atoms with Gasteiger partial charge >= 0.3 is 0 Å². The molecular formula is C24H24N4O3S. The number of fused-ring (bicyclic) bond motifs is 1. The number of benzene rings is 2. The van der Waals surface area contributed by atoms with Gasteiger partial charge in [-0.1, -0.05) is 48.5 Å². The number of nitrogens with zero attached hydrogens (tertiary/aromatic N) is 3. The number of aromatic amines is 1. The lowest BCUT2D eigenvalue weighted by atomic mass is 10.1. The van der Waals surface area contributed by atoms with Gasteiger partial charge in [0.2, 0.25) is 10.0 Å². The number of aromatic hydroxyl groups is 1. The second-order valence-electron chi connectivity index (χ2n) is 7.94. The molecule has 32 heavy (non-hydrogen) atoms. The van der Waals surface area contributed by atoms with E-state index < -0.39 is 10.0 Å². The number of hydrogen-bond donors (Lipinski definition) is 2. The van der Waals surface area contributed by atoms with Crippen molar-refractivity contribution in [2.45, 2.75) is 11.4 Å². The Morgan fingerprint density at radius 3 is 2.34 bits per heavy atom. The summed E-state index contributed by atoms with van der Waals surface area (Å²) in [6.45, 7) is 3.07. The van der Waals surface area contributed by atoms with Crippen LogP contribution < -0.4 is 0 Å². The highest BCUT2D eigenvalue weighted by Gasteiger charge is 2.29. The highest BCUT2D eigenvalue weighted by atomic mass is 32.2. The van der Waals surface area contributed by atoms with Gasteiger partial charge in [-0.05, 0) is 23.8 Å². The van der Waals surface area contributed by atoms with E-state index in [2.05, 4.69) is 27.0 Å². The standard InChI is InChI=1S/C24H24N4O3S/c29-24-23(20-8-4-5-9-21(20)26-24)22-11-10-19(16-25-22)32(30,31)28-14-12-27(13-15-28)17-18-6-2-1-3-7-18/h1-11,16,26,29H,12-15,17H2. The smallest absolute Gasteiger partial charge is 0.244 e. The van der Waals surface area contributed by atoms with Crippen molar-refractivity contribution in [1.29, 1.82) is 0 Å². The molecule has 1 fully saturated rings. The summed E-state index contributed by atoms with van der Waals surface area (Å²) in [6.07, 6.45) is 1.38. The fourth-order valence-corrected chi connectivity index (χ4v) is 5.55. The zero-order valence-electron chi connectivity index (χ0n) is 17.5. The average molecular weight is 449 g/mol. The van der Waals surface area contributed by atoms with Crippen LogP contribution >= 0.6 is 0 Å². The predicted molar refractivity (Wildman–Crippen MR) is 124 cm³/mol. The van der Waals surface area contributed by atoms with E-state index in [1.807, 2.05) is 42.5 Å². The van der Waals surface area contributed by atoms with Gasteiger partial charge in [0, 0.05) is 49.8 Å². The molecule has 0 saturated carbocycles. The van der Waals surface area contributed by atoms with Gasteiger partial charge in [0.25, 0.3) is 0 Å². The molecule has 2 N–H and O–H groups in total. The van der Waals surface area contributed by atoms with E-state index in [1.165, 1.54) is 16.1 Å². The van der Waals surface area contributed by atoms with Crippen LogP contribution in [0.25, 0.3) is 22.2 Å². The number of H-pyrrole nitrogens is 1. The molecule has 0 unspecified atom stereocenters. The monoisotopic (exact) mass is 448 g/mol. The molecule has 4 aromatic rings. The van der Waals surface area contributed by atoms with Crippen LogP contribution in [0.4, 0.5) is 0 Å². The molecular weight excluding hydrogens is 424 g/mol. The molecule has 164 valence electrons. The minimum Gasteiger partial charge on any atom is -0.494 e. The SMILES string of the molecule is O=S(=O)(c1ccc(-c2c(O)[nH]c3ccccc23)nc1)N1CCN(Cc2ccccc2)CC1. The first-order chi connectivity index (χ1) is 15.5. The third-order valence-electron chi connectivity index (χ3n) is 5.90. The highest BCUT2D eigenvalue weighted by molar-refractivity contribution is 7.89. The van der Waals surface area contributed by atoms with Gasteiger partial charge in [-0.25, -0.2) is 8.42 Å². The maximum absolute atomic E-state index is 13.1. The predicted octanol–water partition coefficient (Wildman–Crippen LogP) is 3.44. The Balaban J connectivity index is 1.31. The van der Waals surface area contributed by atoms with Crippen molar-refractivity contribution in [2.75, 3.05) is 26.2 Å². The van der Waals surface area contributed by atoms with Crippen LogP contribution in [-0.4, -0.2) is 58.9 Å². The summed E-state index contributed by atoms with van der Waals surface area (Å²) in [5.74, 6) is 0.0174. The van der Waals surface area contributed by atoms with Crippen LogP contribution in [0, 0.1) is 0 Å². The van der Waals surface area contributed by atoms with Gasteiger partial charge in [0.1, 0.15) is 4.90 Å². The van der Waals surface area contributed by atoms with Crippen LogP contribution in [0.1, 0.15) is 5.56 Å². The minimum atomic E-state index is -3.62. The maximum Gasteiger partial charge on any atom is 0.244 e. The van der Waals surface area contributed by atoms with Crippen molar-refractivity contribution in [1.82, 2.24) is 19.2 Å². The van der Waals surface area contributed by atoms with Crippen molar-refractivity contribution in [3.8, 4) is 17.1 Å². The van der Waals surface area contributed by atoms with Gasteiger partial charge in [-0.2, -0.15) is 4.31 Å². The number of hydrogen-bond acceptors (Lipinski definition) is 5. The lowest BCUT2D eigenvalue weighted by Gasteiger charge is -2.33. The Hall–Kier alpha value is -3.20. The Morgan fingerprint density at radius 1 is 0.906 bits per heavy atom. The topological polar surface area (TPSA) is 89.5 Å². The van der Waals surface area contributed by atoms with Crippen molar-refractivity contribution >= 4 is 20.9 Å². The summed E-state index contributed by atoms with van der Waals surface area (Å²) in [4.78, 5) is 9.73. The van der Waals surface area contributed by atoms with E-state index in [-0.39, 0.29) is 10.8 Å². The molecule has 7 nitrogen and oxygen atoms in total. The van der Waals surface area contributed by atoms with Gasteiger partial charge in [0.15, 0.2) is 5.88 Å². The highest BCUT2D eigenvalue weighted by Crippen LogP contribution is 2.35. The Kier molecular flexibility index (Phi) is 5.42. The van der Waals surface area contributed by atoms with E-state index in [9.17, 15) is 13.5 Å². The molecule has 0 spiro atoms. The van der Waals surface area contributed by atoms with Crippen molar-refractivity contribution in [3.63, 3.8) is 0 Å². The van der Waals surface area contributed by atoms with Crippen molar-refractivity contribution < 1.29 is 13.5 Å². The van der Waals surface area contributed by atoms with Crippen LogP contribution in [0.15, 0.2) is 77.8 Å². The summed E-state index contributed by atoms with van der Waals surface area (Å²) in [7, 11) is -3.62. The molecule has 1 aliphatic rings. The van der Waals surface area contributed by atoms with Crippen LogP contribution in [0.3, 0.4) is 0 Å². The first-order valence-electron chi connectivity index (χ1n) is 10.5. The molecule has 0 atom stereocenters. The molecule has 0 bridgehead atoms. The molecule has 0 aliphatic carbocycles. The van der Waals surface area contributed by atoms with Crippen LogP contribution in [0.5, 0.6) is 5.88 Å². The molecule has 3 heterocycles. The third-order valence-corrected chi connectivity index (χ3v) is 7.78. The van der Waals surface area contributed by atoms with Crippen molar-refractivity contribution in [3.05, 3.63) is 78.5 Å². The third kappa shape index (κ3) is 3.88. The number of rotatable bonds is 5. The van der Waals surface area contributed by atoms with E-state index in [0.717, 1.165) is 17.4 Å². The van der Waals surface area contributed by atoms with Gasteiger partial charge in [-0.3, -0.25) is 9.88 Å². The maximum atomic E-state index is 13.1.